The third kappa shape index (κ3) is 4.89. The first-order chi connectivity index (χ1) is 12.5. The number of hydrogen-bond acceptors (Lipinski definition) is 5. The Labute approximate surface area is 152 Å². The summed E-state index contributed by atoms with van der Waals surface area (Å²) in [5, 5.41) is 5.30. The molecule has 0 bridgehead atoms. The smallest absolute Gasteiger partial charge is 0.251 e. The molecule has 2 rings (SSSR count). The maximum absolute atomic E-state index is 12.3. The lowest BCUT2D eigenvalue weighted by atomic mass is 10.2. The van der Waals surface area contributed by atoms with Crippen molar-refractivity contribution in [3.05, 3.63) is 47.5 Å². The molecule has 0 spiro atoms. The van der Waals surface area contributed by atoms with E-state index in [1.165, 1.54) is 21.3 Å². The predicted molar refractivity (Wildman–Crippen MR) is 98.2 cm³/mol. The second-order valence-electron chi connectivity index (χ2n) is 5.54. The number of rotatable bonds is 7. The van der Waals surface area contributed by atoms with E-state index in [2.05, 4.69) is 10.6 Å². The Balaban J connectivity index is 2.01. The molecule has 0 aliphatic carbocycles. The van der Waals surface area contributed by atoms with E-state index >= 15 is 0 Å². The van der Waals surface area contributed by atoms with Crippen LogP contribution >= 0.6 is 0 Å². The summed E-state index contributed by atoms with van der Waals surface area (Å²) in [6, 6.07) is 10.2. The van der Waals surface area contributed by atoms with E-state index < -0.39 is 5.91 Å². The molecule has 0 radical (unpaired) electrons. The standard InChI is InChI=1S/C19H22N2O5/c1-12-5-6-17(26-4)16(7-12)21-18(22)11-20-19(23)13-8-14(24-2)10-15(9-13)25-3/h5-10H,11H2,1-4H3,(H,20,23)(H,21,22). The van der Waals surface area contributed by atoms with E-state index in [0.29, 0.717) is 28.5 Å². The number of methoxy groups -OCH3 is 3. The molecule has 2 aromatic carbocycles. The molecule has 2 aromatic rings. The van der Waals surface area contributed by atoms with Gasteiger partial charge in [0.1, 0.15) is 17.2 Å². The minimum atomic E-state index is -0.409. The van der Waals surface area contributed by atoms with Gasteiger partial charge in [-0.25, -0.2) is 0 Å². The van der Waals surface area contributed by atoms with Gasteiger partial charge in [-0.05, 0) is 36.8 Å². The van der Waals surface area contributed by atoms with Gasteiger partial charge in [0.25, 0.3) is 5.91 Å². The van der Waals surface area contributed by atoms with E-state index in [1.54, 1.807) is 30.3 Å². The maximum atomic E-state index is 12.3. The summed E-state index contributed by atoms with van der Waals surface area (Å²) in [6.07, 6.45) is 0. The number of benzene rings is 2. The minimum absolute atomic E-state index is 0.185. The van der Waals surface area contributed by atoms with Crippen molar-refractivity contribution in [2.24, 2.45) is 0 Å². The summed E-state index contributed by atoms with van der Waals surface area (Å²) >= 11 is 0. The number of ether oxygens (including phenoxy) is 3. The first-order valence-corrected chi connectivity index (χ1v) is 7.92. The van der Waals surface area contributed by atoms with Crippen molar-refractivity contribution in [2.75, 3.05) is 33.2 Å². The minimum Gasteiger partial charge on any atom is -0.497 e. The monoisotopic (exact) mass is 358 g/mol. The number of carbonyl (C=O) groups is 2. The highest BCUT2D eigenvalue weighted by Crippen LogP contribution is 2.25. The topological polar surface area (TPSA) is 85.9 Å². The molecule has 0 aromatic heterocycles. The van der Waals surface area contributed by atoms with Gasteiger partial charge in [0.2, 0.25) is 5.91 Å². The average molecular weight is 358 g/mol. The molecule has 0 saturated carbocycles. The largest absolute Gasteiger partial charge is 0.497 e. The molecule has 2 amide bonds. The second-order valence-corrected chi connectivity index (χ2v) is 5.54. The molecular weight excluding hydrogens is 336 g/mol. The highest BCUT2D eigenvalue weighted by Gasteiger charge is 2.13. The van der Waals surface area contributed by atoms with E-state index in [4.69, 9.17) is 14.2 Å². The lowest BCUT2D eigenvalue weighted by molar-refractivity contribution is -0.115. The molecule has 0 atom stereocenters. The molecular formula is C19H22N2O5. The van der Waals surface area contributed by atoms with Crippen LogP contribution in [0.2, 0.25) is 0 Å². The van der Waals surface area contributed by atoms with Crippen molar-refractivity contribution in [3.63, 3.8) is 0 Å². The normalized spacial score (nSPS) is 10.0. The van der Waals surface area contributed by atoms with Crippen LogP contribution in [0.1, 0.15) is 15.9 Å². The molecule has 7 nitrogen and oxygen atoms in total. The Kier molecular flexibility index (Phi) is 6.43. The molecule has 0 aliphatic heterocycles. The SMILES string of the molecule is COc1cc(OC)cc(C(=O)NCC(=O)Nc2cc(C)ccc2OC)c1. The molecule has 2 N–H and O–H groups in total. The van der Waals surface area contributed by atoms with Crippen LogP contribution in [0.25, 0.3) is 0 Å². The summed E-state index contributed by atoms with van der Waals surface area (Å²) in [5.74, 6) is 0.755. The van der Waals surface area contributed by atoms with Gasteiger partial charge in [0.05, 0.1) is 33.6 Å². The number of amides is 2. The molecule has 0 aliphatic rings. The lowest BCUT2D eigenvalue weighted by Crippen LogP contribution is -2.33. The van der Waals surface area contributed by atoms with Crippen molar-refractivity contribution in [2.45, 2.75) is 6.92 Å². The van der Waals surface area contributed by atoms with E-state index in [0.717, 1.165) is 5.56 Å². The zero-order valence-electron chi connectivity index (χ0n) is 15.2. The van der Waals surface area contributed by atoms with Crippen LogP contribution in [0, 0.1) is 6.92 Å². The molecule has 7 heteroatoms. The highest BCUT2D eigenvalue weighted by molar-refractivity contribution is 6.00. The van der Waals surface area contributed by atoms with Crippen LogP contribution in [-0.2, 0) is 4.79 Å². The zero-order chi connectivity index (χ0) is 19.1. The fourth-order valence-corrected chi connectivity index (χ4v) is 2.32. The lowest BCUT2D eigenvalue weighted by Gasteiger charge is -2.12. The van der Waals surface area contributed by atoms with Crippen molar-refractivity contribution in [1.82, 2.24) is 5.32 Å². The van der Waals surface area contributed by atoms with Crippen LogP contribution in [-0.4, -0.2) is 39.7 Å². The van der Waals surface area contributed by atoms with E-state index in [1.807, 2.05) is 13.0 Å². The third-order valence-corrected chi connectivity index (χ3v) is 3.65. The van der Waals surface area contributed by atoms with Gasteiger partial charge in [0, 0.05) is 11.6 Å². The van der Waals surface area contributed by atoms with Crippen molar-refractivity contribution in [3.8, 4) is 17.2 Å². The predicted octanol–water partition coefficient (Wildman–Crippen LogP) is 2.39. The summed E-state index contributed by atoms with van der Waals surface area (Å²) in [4.78, 5) is 24.4. The molecule has 0 saturated heterocycles. The number of aryl methyl sites for hydroxylation is 1. The first-order valence-electron chi connectivity index (χ1n) is 7.92. The fourth-order valence-electron chi connectivity index (χ4n) is 2.32. The van der Waals surface area contributed by atoms with Crippen LogP contribution in [0.15, 0.2) is 36.4 Å². The number of carbonyl (C=O) groups excluding carboxylic acids is 2. The Hall–Kier alpha value is -3.22. The van der Waals surface area contributed by atoms with E-state index in [-0.39, 0.29) is 12.5 Å². The van der Waals surface area contributed by atoms with Gasteiger partial charge >= 0.3 is 0 Å². The van der Waals surface area contributed by atoms with Crippen molar-refractivity contribution < 1.29 is 23.8 Å². The van der Waals surface area contributed by atoms with Gasteiger partial charge < -0.3 is 24.8 Å². The number of hydrogen-bond donors (Lipinski definition) is 2. The van der Waals surface area contributed by atoms with Crippen molar-refractivity contribution >= 4 is 17.5 Å². The first kappa shape index (κ1) is 19.1. The second kappa shape index (κ2) is 8.75. The van der Waals surface area contributed by atoms with Gasteiger partial charge in [-0.2, -0.15) is 0 Å². The highest BCUT2D eigenvalue weighted by atomic mass is 16.5. The van der Waals surface area contributed by atoms with Crippen LogP contribution in [0.4, 0.5) is 5.69 Å². The Bertz CT molecular complexity index is 782. The average Bonchev–Trinajstić information content (AvgIpc) is 2.65. The summed E-state index contributed by atoms with van der Waals surface area (Å²) in [7, 11) is 4.52. The molecule has 0 heterocycles. The van der Waals surface area contributed by atoms with Gasteiger partial charge in [-0.3, -0.25) is 9.59 Å². The molecule has 0 unspecified atom stereocenters. The Morgan fingerprint density at radius 3 is 2.15 bits per heavy atom. The van der Waals surface area contributed by atoms with Crippen LogP contribution in [0.3, 0.4) is 0 Å². The third-order valence-electron chi connectivity index (χ3n) is 3.65. The quantitative estimate of drug-likeness (QED) is 0.794. The number of anilines is 1. The molecule has 138 valence electrons. The molecule has 0 fully saturated rings. The number of nitrogens with one attached hydrogen (secondary N) is 2. The van der Waals surface area contributed by atoms with Gasteiger partial charge in [-0.15, -0.1) is 0 Å². The van der Waals surface area contributed by atoms with Crippen LogP contribution in [0.5, 0.6) is 17.2 Å². The van der Waals surface area contributed by atoms with Gasteiger partial charge in [-0.1, -0.05) is 6.07 Å². The Morgan fingerprint density at radius 1 is 0.923 bits per heavy atom. The summed E-state index contributed by atoms with van der Waals surface area (Å²) in [5.41, 5.74) is 1.87. The van der Waals surface area contributed by atoms with Crippen LogP contribution < -0.4 is 24.8 Å². The van der Waals surface area contributed by atoms with Gasteiger partial charge in [0.15, 0.2) is 0 Å². The molecule has 26 heavy (non-hydrogen) atoms. The Morgan fingerprint density at radius 2 is 1.58 bits per heavy atom. The maximum Gasteiger partial charge on any atom is 0.251 e. The van der Waals surface area contributed by atoms with E-state index in [9.17, 15) is 9.59 Å². The summed E-state index contributed by atoms with van der Waals surface area (Å²) in [6.45, 7) is 1.72. The fraction of sp³-hybridized carbons (Fsp3) is 0.263. The zero-order valence-corrected chi connectivity index (χ0v) is 15.2. The summed E-state index contributed by atoms with van der Waals surface area (Å²) < 4.78 is 15.5. The van der Waals surface area contributed by atoms with Crippen molar-refractivity contribution in [1.29, 1.82) is 0 Å².